The van der Waals surface area contributed by atoms with E-state index in [1.807, 2.05) is 0 Å². The first-order valence-electron chi connectivity index (χ1n) is 21.7. The van der Waals surface area contributed by atoms with Crippen molar-refractivity contribution < 1.29 is 24.2 Å². The van der Waals surface area contributed by atoms with Crippen molar-refractivity contribution in [3.8, 4) is 0 Å². The Morgan fingerprint density at radius 1 is 0.471 bits per heavy atom. The van der Waals surface area contributed by atoms with E-state index in [1.165, 1.54) is 122 Å². The van der Waals surface area contributed by atoms with E-state index >= 15 is 0 Å². The van der Waals surface area contributed by atoms with Crippen LogP contribution < -0.4 is 0 Å². The Morgan fingerprint density at radius 3 is 1.27 bits per heavy atom. The van der Waals surface area contributed by atoms with Crippen LogP contribution in [0.25, 0.3) is 0 Å². The fraction of sp³-hybridized carbons (Fsp3) is 0.783. The summed E-state index contributed by atoms with van der Waals surface area (Å²) in [5.41, 5.74) is 0. The lowest BCUT2D eigenvalue weighted by Crippen LogP contribution is -2.28. The van der Waals surface area contributed by atoms with E-state index in [-0.39, 0.29) is 25.2 Å². The zero-order valence-corrected chi connectivity index (χ0v) is 33.6. The van der Waals surface area contributed by atoms with Gasteiger partial charge in [-0.05, 0) is 51.4 Å². The van der Waals surface area contributed by atoms with Crippen LogP contribution in [0.1, 0.15) is 213 Å². The Kier molecular flexibility index (Phi) is 40.5. The van der Waals surface area contributed by atoms with Gasteiger partial charge in [0, 0.05) is 12.8 Å². The number of allylic oxidation sites excluding steroid dienone is 8. The molecule has 0 radical (unpaired) electrons. The summed E-state index contributed by atoms with van der Waals surface area (Å²) < 4.78 is 10.5. The van der Waals surface area contributed by atoms with Gasteiger partial charge in [-0.15, -0.1) is 0 Å². The summed E-state index contributed by atoms with van der Waals surface area (Å²) in [6, 6.07) is 0. The zero-order chi connectivity index (χ0) is 37.1. The van der Waals surface area contributed by atoms with Crippen molar-refractivity contribution in [1.29, 1.82) is 0 Å². The second-order valence-corrected chi connectivity index (χ2v) is 14.4. The van der Waals surface area contributed by atoms with E-state index in [2.05, 4.69) is 62.5 Å². The average Bonchev–Trinajstić information content (AvgIpc) is 3.13. The molecule has 0 aliphatic rings. The maximum absolute atomic E-state index is 12.1. The molecule has 1 N–H and O–H groups in total. The Labute approximate surface area is 316 Å². The summed E-state index contributed by atoms with van der Waals surface area (Å²) in [5.74, 6) is -0.595. The standard InChI is InChI=1S/C46H82O5/c1-3-5-7-9-11-12-13-14-15-16-17-18-19-20-21-22-23-24-25-26-27-28-29-30-31-32-33-34-35-37-39-41-46(49)51-44(42-47)43-50-45(48)40-38-36-10-8-6-4-2/h5,7,11-12,14-15,17-18,44,47H,3-4,6,8-10,13,16,19-43H2,1-2H3/b7-5-,12-11-,15-14-,18-17-. The molecule has 1 unspecified atom stereocenters. The first-order chi connectivity index (χ1) is 25.1. The number of esters is 2. The number of hydrogen-bond acceptors (Lipinski definition) is 5. The van der Waals surface area contributed by atoms with Crippen LogP contribution in [0.5, 0.6) is 0 Å². The molecule has 0 aromatic heterocycles. The van der Waals surface area contributed by atoms with Crippen molar-refractivity contribution in [3.05, 3.63) is 48.6 Å². The summed E-state index contributed by atoms with van der Waals surface area (Å²) in [6.45, 7) is 3.96. The van der Waals surface area contributed by atoms with Crippen LogP contribution >= 0.6 is 0 Å². The van der Waals surface area contributed by atoms with Gasteiger partial charge in [-0.25, -0.2) is 0 Å². The van der Waals surface area contributed by atoms with Crippen molar-refractivity contribution in [3.63, 3.8) is 0 Å². The van der Waals surface area contributed by atoms with Gasteiger partial charge in [0.2, 0.25) is 0 Å². The molecule has 0 bridgehead atoms. The minimum atomic E-state index is -0.765. The van der Waals surface area contributed by atoms with Crippen LogP contribution in [-0.4, -0.2) is 36.4 Å². The molecule has 0 heterocycles. The van der Waals surface area contributed by atoms with Gasteiger partial charge in [-0.3, -0.25) is 9.59 Å². The molecule has 0 amide bonds. The second kappa shape index (κ2) is 42.3. The summed E-state index contributed by atoms with van der Waals surface area (Å²) in [4.78, 5) is 24.0. The second-order valence-electron chi connectivity index (χ2n) is 14.4. The summed E-state index contributed by atoms with van der Waals surface area (Å²) in [7, 11) is 0. The molecule has 0 aliphatic heterocycles. The number of unbranched alkanes of at least 4 members (excludes halogenated alkanes) is 23. The van der Waals surface area contributed by atoms with E-state index < -0.39 is 6.10 Å². The number of ether oxygens (including phenoxy) is 2. The fourth-order valence-corrected chi connectivity index (χ4v) is 6.13. The molecule has 0 rings (SSSR count). The third kappa shape index (κ3) is 40.5. The molecule has 0 aliphatic carbocycles. The van der Waals surface area contributed by atoms with Crippen LogP contribution in [0.2, 0.25) is 0 Å². The van der Waals surface area contributed by atoms with Crippen LogP contribution in [0.3, 0.4) is 0 Å². The third-order valence-corrected chi connectivity index (χ3v) is 9.39. The minimum Gasteiger partial charge on any atom is -0.462 e. The smallest absolute Gasteiger partial charge is 0.306 e. The Balaban J connectivity index is 3.40. The van der Waals surface area contributed by atoms with Crippen molar-refractivity contribution in [1.82, 2.24) is 0 Å². The first-order valence-corrected chi connectivity index (χ1v) is 21.7. The van der Waals surface area contributed by atoms with E-state index in [0.29, 0.717) is 12.8 Å². The van der Waals surface area contributed by atoms with Gasteiger partial charge in [-0.1, -0.05) is 197 Å². The van der Waals surface area contributed by atoms with E-state index in [1.54, 1.807) is 0 Å². The number of carbonyl (C=O) groups is 2. The third-order valence-electron chi connectivity index (χ3n) is 9.39. The van der Waals surface area contributed by atoms with Crippen LogP contribution in [0, 0.1) is 0 Å². The van der Waals surface area contributed by atoms with Crippen LogP contribution in [0.4, 0.5) is 0 Å². The molecule has 296 valence electrons. The van der Waals surface area contributed by atoms with Gasteiger partial charge in [0.15, 0.2) is 6.10 Å². The number of aliphatic hydroxyl groups excluding tert-OH is 1. The average molecular weight is 715 g/mol. The summed E-state index contributed by atoms with van der Waals surface area (Å²) >= 11 is 0. The highest BCUT2D eigenvalue weighted by atomic mass is 16.6. The maximum atomic E-state index is 12.1. The topological polar surface area (TPSA) is 72.8 Å². The van der Waals surface area contributed by atoms with Gasteiger partial charge in [0.1, 0.15) is 6.61 Å². The lowest BCUT2D eigenvalue weighted by atomic mass is 10.0. The monoisotopic (exact) mass is 715 g/mol. The lowest BCUT2D eigenvalue weighted by Gasteiger charge is -2.15. The molecule has 1 atom stereocenters. The zero-order valence-electron chi connectivity index (χ0n) is 33.6. The largest absolute Gasteiger partial charge is 0.462 e. The predicted molar refractivity (Wildman–Crippen MR) is 219 cm³/mol. The number of aliphatic hydroxyl groups is 1. The van der Waals surface area contributed by atoms with Crippen LogP contribution in [-0.2, 0) is 19.1 Å². The molecule has 0 fully saturated rings. The van der Waals surface area contributed by atoms with Crippen molar-refractivity contribution in [2.75, 3.05) is 13.2 Å². The van der Waals surface area contributed by atoms with E-state index in [4.69, 9.17) is 9.47 Å². The number of rotatable bonds is 39. The van der Waals surface area contributed by atoms with Gasteiger partial charge >= 0.3 is 11.9 Å². The molecule has 0 aromatic rings. The maximum Gasteiger partial charge on any atom is 0.306 e. The van der Waals surface area contributed by atoms with E-state index in [0.717, 1.165) is 64.2 Å². The van der Waals surface area contributed by atoms with Gasteiger partial charge in [-0.2, -0.15) is 0 Å². The van der Waals surface area contributed by atoms with Crippen molar-refractivity contribution in [2.45, 2.75) is 219 Å². The fourth-order valence-electron chi connectivity index (χ4n) is 6.13. The van der Waals surface area contributed by atoms with Crippen molar-refractivity contribution in [2.24, 2.45) is 0 Å². The highest BCUT2D eigenvalue weighted by Crippen LogP contribution is 2.15. The van der Waals surface area contributed by atoms with Crippen LogP contribution in [0.15, 0.2) is 48.6 Å². The quantitative estimate of drug-likeness (QED) is 0.0390. The molecule has 51 heavy (non-hydrogen) atoms. The predicted octanol–water partition coefficient (Wildman–Crippen LogP) is 13.8. The molecule has 0 aromatic carbocycles. The molecular formula is C46H82O5. The highest BCUT2D eigenvalue weighted by molar-refractivity contribution is 5.70. The number of carbonyl (C=O) groups excluding carboxylic acids is 2. The summed E-state index contributed by atoms with van der Waals surface area (Å²) in [6.07, 6.45) is 53.7. The van der Waals surface area contributed by atoms with Gasteiger partial charge in [0.05, 0.1) is 6.61 Å². The highest BCUT2D eigenvalue weighted by Gasteiger charge is 2.16. The Morgan fingerprint density at radius 2 is 0.843 bits per heavy atom. The summed E-state index contributed by atoms with van der Waals surface area (Å²) in [5, 5.41) is 9.50. The SMILES string of the molecule is CC/C=C\C/C=C\C/C=C\C/C=C\CCCCCCCCCCCCCCCCCCCCC(=O)OC(CO)COC(=O)CCCCCCCC. The molecule has 0 spiro atoms. The molecule has 5 nitrogen and oxygen atoms in total. The number of hydrogen-bond donors (Lipinski definition) is 1. The van der Waals surface area contributed by atoms with E-state index in [9.17, 15) is 14.7 Å². The molecular weight excluding hydrogens is 633 g/mol. The minimum absolute atomic E-state index is 0.0636. The molecule has 0 saturated carbocycles. The van der Waals surface area contributed by atoms with Crippen molar-refractivity contribution >= 4 is 11.9 Å². The molecule has 0 saturated heterocycles. The van der Waals surface area contributed by atoms with Gasteiger partial charge < -0.3 is 14.6 Å². The Hall–Kier alpha value is -2.14. The normalized spacial score (nSPS) is 12.6. The first kappa shape index (κ1) is 48.9. The molecule has 5 heteroatoms. The Bertz CT molecular complexity index is 858. The van der Waals surface area contributed by atoms with Gasteiger partial charge in [0.25, 0.3) is 0 Å². The lowest BCUT2D eigenvalue weighted by molar-refractivity contribution is -0.161.